The molecule has 2 aromatic rings. The van der Waals surface area contributed by atoms with E-state index >= 15 is 0 Å². The van der Waals surface area contributed by atoms with Crippen LogP contribution in [0.4, 0.5) is 10.1 Å². The van der Waals surface area contributed by atoms with Crippen LogP contribution in [0.1, 0.15) is 15.9 Å². The summed E-state index contributed by atoms with van der Waals surface area (Å²) >= 11 is 5.81. The normalized spacial score (nSPS) is 10.2. The van der Waals surface area contributed by atoms with Crippen molar-refractivity contribution >= 4 is 23.2 Å². The Morgan fingerprint density at radius 1 is 1.17 bits per heavy atom. The van der Waals surface area contributed by atoms with Crippen molar-refractivity contribution in [3.05, 3.63) is 71.4 Å². The lowest BCUT2D eigenvalue weighted by atomic mass is 10.2. The number of nitrogens with one attached hydrogen (secondary N) is 1. The third-order valence-electron chi connectivity index (χ3n) is 2.39. The lowest BCUT2D eigenvalue weighted by molar-refractivity contribution is 0.102. The summed E-state index contributed by atoms with van der Waals surface area (Å²) < 4.78 is 12.9. The molecule has 2 aromatic carbocycles. The molecule has 0 spiro atoms. The predicted molar refractivity (Wildman–Crippen MR) is 70.3 cm³/mol. The zero-order valence-corrected chi connectivity index (χ0v) is 10.2. The zero-order chi connectivity index (χ0) is 13.1. The van der Waals surface area contributed by atoms with Crippen LogP contribution >= 0.6 is 11.6 Å². The second-order valence-electron chi connectivity index (χ2n) is 3.78. The van der Waals surface area contributed by atoms with E-state index in [9.17, 15) is 9.18 Å². The van der Waals surface area contributed by atoms with Crippen LogP contribution in [-0.2, 0) is 0 Å². The van der Waals surface area contributed by atoms with E-state index in [0.29, 0.717) is 5.69 Å². The number of carbonyl (C=O) groups excluding carboxylic acids is 1. The van der Waals surface area contributed by atoms with Crippen molar-refractivity contribution in [3.63, 3.8) is 0 Å². The van der Waals surface area contributed by atoms with Crippen LogP contribution in [-0.4, -0.2) is 5.91 Å². The lowest BCUT2D eigenvalue weighted by Gasteiger charge is -2.07. The van der Waals surface area contributed by atoms with Crippen LogP contribution in [0.25, 0.3) is 0 Å². The van der Waals surface area contributed by atoms with Crippen LogP contribution < -0.4 is 5.32 Å². The molecule has 2 rings (SSSR count). The first kappa shape index (κ1) is 12.6. The first-order valence-corrected chi connectivity index (χ1v) is 5.62. The van der Waals surface area contributed by atoms with Crippen molar-refractivity contribution in [1.29, 1.82) is 0 Å². The van der Waals surface area contributed by atoms with Crippen molar-refractivity contribution in [2.45, 2.75) is 0 Å². The van der Waals surface area contributed by atoms with E-state index in [2.05, 4.69) is 12.2 Å². The molecule has 0 aliphatic rings. The van der Waals surface area contributed by atoms with Crippen molar-refractivity contribution < 1.29 is 9.18 Å². The van der Waals surface area contributed by atoms with Gasteiger partial charge in [0.2, 0.25) is 0 Å². The van der Waals surface area contributed by atoms with Crippen molar-refractivity contribution in [1.82, 2.24) is 0 Å². The summed E-state index contributed by atoms with van der Waals surface area (Å²) in [4.78, 5) is 11.9. The Morgan fingerprint density at radius 2 is 1.83 bits per heavy atom. The molecule has 18 heavy (non-hydrogen) atoms. The molecule has 0 saturated carbocycles. The summed E-state index contributed by atoms with van der Waals surface area (Å²) in [6.45, 7) is 3.75. The monoisotopic (exact) mass is 262 g/mol. The molecular formula is C14H10ClFNO. The highest BCUT2D eigenvalue weighted by Crippen LogP contribution is 2.19. The minimum atomic E-state index is -0.474. The Morgan fingerprint density at radius 3 is 2.44 bits per heavy atom. The molecule has 1 amide bonds. The molecule has 0 fully saturated rings. The molecule has 0 atom stereocenters. The molecule has 0 aliphatic heterocycles. The van der Waals surface area contributed by atoms with Crippen molar-refractivity contribution in [3.8, 4) is 0 Å². The van der Waals surface area contributed by atoms with Gasteiger partial charge in [0.25, 0.3) is 5.91 Å². The van der Waals surface area contributed by atoms with Gasteiger partial charge in [-0.25, -0.2) is 4.39 Å². The maximum absolute atomic E-state index is 12.9. The highest BCUT2D eigenvalue weighted by atomic mass is 35.5. The van der Waals surface area contributed by atoms with Crippen LogP contribution in [0.5, 0.6) is 0 Å². The number of benzene rings is 2. The molecule has 1 N–H and O–H groups in total. The molecular weight excluding hydrogens is 253 g/mol. The largest absolute Gasteiger partial charge is 0.322 e. The summed E-state index contributed by atoms with van der Waals surface area (Å²) in [5.74, 6) is -0.852. The van der Waals surface area contributed by atoms with Crippen LogP contribution in [0.3, 0.4) is 0 Å². The summed E-state index contributed by atoms with van der Waals surface area (Å²) in [5.41, 5.74) is 1.72. The molecule has 0 saturated heterocycles. The fourth-order valence-electron chi connectivity index (χ4n) is 1.46. The van der Waals surface area contributed by atoms with Gasteiger partial charge in [0.15, 0.2) is 0 Å². The third-order valence-corrected chi connectivity index (χ3v) is 2.70. The number of hydrogen-bond donors (Lipinski definition) is 1. The summed E-state index contributed by atoms with van der Waals surface area (Å²) in [6, 6.07) is 10.7. The minimum absolute atomic E-state index is 0.0845. The van der Waals surface area contributed by atoms with E-state index in [1.807, 2.05) is 0 Å². The van der Waals surface area contributed by atoms with Gasteiger partial charge in [0.1, 0.15) is 5.82 Å². The van der Waals surface area contributed by atoms with Gasteiger partial charge in [-0.2, -0.15) is 0 Å². The zero-order valence-electron chi connectivity index (χ0n) is 9.41. The first-order chi connectivity index (χ1) is 8.56. The molecule has 0 aromatic heterocycles. The van der Waals surface area contributed by atoms with Crippen molar-refractivity contribution in [2.75, 3.05) is 5.32 Å². The molecule has 91 valence electrons. The lowest BCUT2D eigenvalue weighted by Crippen LogP contribution is -2.12. The van der Waals surface area contributed by atoms with Gasteiger partial charge in [-0.05, 0) is 42.8 Å². The van der Waals surface area contributed by atoms with Gasteiger partial charge < -0.3 is 5.32 Å². The maximum atomic E-state index is 12.9. The van der Waals surface area contributed by atoms with Gasteiger partial charge in [0, 0.05) is 5.69 Å². The van der Waals surface area contributed by atoms with Crippen LogP contribution in [0.15, 0.2) is 42.5 Å². The number of halogens is 2. The van der Waals surface area contributed by atoms with E-state index in [-0.39, 0.29) is 16.5 Å². The fourth-order valence-corrected chi connectivity index (χ4v) is 1.71. The highest BCUT2D eigenvalue weighted by molar-refractivity contribution is 6.34. The topological polar surface area (TPSA) is 29.1 Å². The van der Waals surface area contributed by atoms with Gasteiger partial charge >= 0.3 is 0 Å². The molecule has 1 radical (unpaired) electrons. The van der Waals surface area contributed by atoms with Crippen molar-refractivity contribution in [2.24, 2.45) is 0 Å². The smallest absolute Gasteiger partial charge is 0.257 e. The Hall–Kier alpha value is -1.87. The third kappa shape index (κ3) is 2.87. The van der Waals surface area contributed by atoms with Gasteiger partial charge in [0.05, 0.1) is 10.6 Å². The van der Waals surface area contributed by atoms with E-state index in [1.165, 1.54) is 12.1 Å². The standard InChI is InChI=1S/C14H10ClFNO/c1-9-2-5-11(6-3-9)17-14(18)12-7-4-10(16)8-13(12)15/h2-8H,1H2,(H,17,18). The SMILES string of the molecule is [CH2]c1ccc(NC(=O)c2ccc(F)cc2Cl)cc1. The van der Waals surface area contributed by atoms with E-state index in [1.54, 1.807) is 24.3 Å². The second-order valence-corrected chi connectivity index (χ2v) is 4.18. The predicted octanol–water partition coefficient (Wildman–Crippen LogP) is 3.91. The molecule has 0 unspecified atom stereocenters. The maximum Gasteiger partial charge on any atom is 0.257 e. The number of hydrogen-bond acceptors (Lipinski definition) is 1. The second kappa shape index (κ2) is 5.19. The van der Waals surface area contributed by atoms with E-state index in [0.717, 1.165) is 11.6 Å². The van der Waals surface area contributed by atoms with Gasteiger partial charge in [-0.1, -0.05) is 23.7 Å². The van der Waals surface area contributed by atoms with Gasteiger partial charge in [-0.15, -0.1) is 0 Å². The molecule has 4 heteroatoms. The van der Waals surface area contributed by atoms with Gasteiger partial charge in [-0.3, -0.25) is 4.79 Å². The van der Waals surface area contributed by atoms with Crippen LogP contribution in [0.2, 0.25) is 5.02 Å². The fraction of sp³-hybridized carbons (Fsp3) is 0. The quantitative estimate of drug-likeness (QED) is 0.873. The first-order valence-electron chi connectivity index (χ1n) is 5.25. The highest BCUT2D eigenvalue weighted by Gasteiger charge is 2.11. The average Bonchev–Trinajstić information content (AvgIpc) is 2.32. The Balaban J connectivity index is 2.19. The Bertz CT molecular complexity index is 581. The number of rotatable bonds is 2. The summed E-state index contributed by atoms with van der Waals surface area (Å²) in [5, 5.41) is 2.76. The summed E-state index contributed by atoms with van der Waals surface area (Å²) in [6.07, 6.45) is 0. The van der Waals surface area contributed by atoms with E-state index in [4.69, 9.17) is 11.6 Å². The summed E-state index contributed by atoms with van der Waals surface area (Å²) in [7, 11) is 0. The molecule has 0 bridgehead atoms. The number of anilines is 1. The Kier molecular flexibility index (Phi) is 3.63. The molecule has 0 aliphatic carbocycles. The Labute approximate surface area is 109 Å². The average molecular weight is 263 g/mol. The molecule has 0 heterocycles. The van der Waals surface area contributed by atoms with E-state index < -0.39 is 5.82 Å². The minimum Gasteiger partial charge on any atom is -0.322 e. The number of carbonyl (C=O) groups is 1. The molecule has 2 nitrogen and oxygen atoms in total. The van der Waals surface area contributed by atoms with Crippen LogP contribution in [0, 0.1) is 12.7 Å². The number of amides is 1.